The Hall–Kier alpha value is -1.78. The second-order valence-electron chi connectivity index (χ2n) is 5.99. The highest BCUT2D eigenvalue weighted by atomic mass is 79.9. The van der Waals surface area contributed by atoms with Gasteiger partial charge in [-0.05, 0) is 48.3 Å². The minimum absolute atomic E-state index is 0.0788. The number of anilines is 1. The number of benzene rings is 1. The fourth-order valence-corrected chi connectivity index (χ4v) is 5.11. The molecule has 148 valence electrons. The van der Waals surface area contributed by atoms with Crippen LogP contribution in [0.4, 0.5) is 14.5 Å². The average Bonchev–Trinajstić information content (AvgIpc) is 2.90. The summed E-state index contributed by atoms with van der Waals surface area (Å²) in [6.45, 7) is 6.08. The highest BCUT2D eigenvalue weighted by molar-refractivity contribution is 9.10. The molecule has 1 amide bonds. The lowest BCUT2D eigenvalue weighted by molar-refractivity contribution is -0.113. The lowest BCUT2D eigenvalue weighted by Crippen LogP contribution is -2.23. The lowest BCUT2D eigenvalue weighted by Gasteiger charge is -2.11. The Morgan fingerprint density at radius 2 is 2.07 bits per heavy atom. The third-order valence-corrected chi connectivity index (χ3v) is 6.88. The SMILES string of the molecule is CCn1c(SCC(=O)Nc2c(F)cc(F)cc2Br)nc2sc(C)c(C)c2c1=O. The molecule has 0 bridgehead atoms. The van der Waals surface area contributed by atoms with Crippen LogP contribution in [0.5, 0.6) is 0 Å². The van der Waals surface area contributed by atoms with Crippen LogP contribution in [0.1, 0.15) is 17.4 Å². The minimum Gasteiger partial charge on any atom is -0.322 e. The fraction of sp³-hybridized carbons (Fsp3) is 0.278. The van der Waals surface area contributed by atoms with Crippen molar-refractivity contribution in [1.29, 1.82) is 0 Å². The Bertz CT molecular complexity index is 1120. The summed E-state index contributed by atoms with van der Waals surface area (Å²) in [5.41, 5.74) is 0.656. The van der Waals surface area contributed by atoms with E-state index in [0.717, 1.165) is 28.3 Å². The van der Waals surface area contributed by atoms with Gasteiger partial charge in [0, 0.05) is 22.0 Å². The quantitative estimate of drug-likeness (QED) is 0.412. The Morgan fingerprint density at radius 1 is 1.36 bits per heavy atom. The Balaban J connectivity index is 1.84. The molecule has 1 aromatic carbocycles. The molecular weight excluding hydrogens is 472 g/mol. The first-order chi connectivity index (χ1) is 13.2. The van der Waals surface area contributed by atoms with Crippen molar-refractivity contribution in [3.8, 4) is 0 Å². The summed E-state index contributed by atoms with van der Waals surface area (Å²) < 4.78 is 28.7. The maximum Gasteiger partial charge on any atom is 0.263 e. The molecule has 0 unspecified atom stereocenters. The molecule has 0 fully saturated rings. The van der Waals surface area contributed by atoms with Gasteiger partial charge >= 0.3 is 0 Å². The Morgan fingerprint density at radius 3 is 2.71 bits per heavy atom. The number of nitrogens with one attached hydrogen (secondary N) is 1. The number of rotatable bonds is 5. The molecule has 0 atom stereocenters. The smallest absolute Gasteiger partial charge is 0.263 e. The predicted octanol–water partition coefficient (Wildman–Crippen LogP) is 4.87. The van der Waals surface area contributed by atoms with Crippen molar-refractivity contribution < 1.29 is 13.6 Å². The van der Waals surface area contributed by atoms with Crippen molar-refractivity contribution in [2.24, 2.45) is 0 Å². The minimum atomic E-state index is -0.875. The van der Waals surface area contributed by atoms with Crippen LogP contribution in [-0.4, -0.2) is 21.2 Å². The molecule has 3 aromatic rings. The number of carbonyl (C=O) groups excluding carboxylic acids is 1. The van der Waals surface area contributed by atoms with Crippen molar-refractivity contribution in [2.75, 3.05) is 11.1 Å². The number of hydrogen-bond acceptors (Lipinski definition) is 5. The van der Waals surface area contributed by atoms with Crippen molar-refractivity contribution in [3.63, 3.8) is 0 Å². The summed E-state index contributed by atoms with van der Waals surface area (Å²) in [6.07, 6.45) is 0. The van der Waals surface area contributed by atoms with Crippen LogP contribution in [0.25, 0.3) is 10.2 Å². The van der Waals surface area contributed by atoms with Gasteiger partial charge in [0.1, 0.15) is 10.6 Å². The van der Waals surface area contributed by atoms with Crippen LogP contribution in [0.2, 0.25) is 0 Å². The van der Waals surface area contributed by atoms with Gasteiger partial charge in [-0.3, -0.25) is 14.2 Å². The van der Waals surface area contributed by atoms with E-state index in [9.17, 15) is 18.4 Å². The van der Waals surface area contributed by atoms with Crippen LogP contribution in [0, 0.1) is 25.5 Å². The van der Waals surface area contributed by atoms with Gasteiger partial charge in [-0.1, -0.05) is 11.8 Å². The highest BCUT2D eigenvalue weighted by Gasteiger charge is 2.18. The van der Waals surface area contributed by atoms with Gasteiger partial charge in [0.05, 0.1) is 16.8 Å². The largest absolute Gasteiger partial charge is 0.322 e. The molecule has 0 aliphatic heterocycles. The van der Waals surface area contributed by atoms with Gasteiger partial charge < -0.3 is 5.32 Å². The molecule has 5 nitrogen and oxygen atoms in total. The van der Waals surface area contributed by atoms with E-state index < -0.39 is 17.5 Å². The summed E-state index contributed by atoms with van der Waals surface area (Å²) in [4.78, 5) is 31.3. The van der Waals surface area contributed by atoms with Crippen LogP contribution in [0.3, 0.4) is 0 Å². The van der Waals surface area contributed by atoms with E-state index in [-0.39, 0.29) is 21.5 Å². The number of hydrogen-bond donors (Lipinski definition) is 1. The number of fused-ring (bicyclic) bond motifs is 1. The van der Waals surface area contributed by atoms with Crippen LogP contribution >= 0.6 is 39.0 Å². The Kier molecular flexibility index (Phi) is 6.21. The highest BCUT2D eigenvalue weighted by Crippen LogP contribution is 2.29. The van der Waals surface area contributed by atoms with Gasteiger partial charge in [0.2, 0.25) is 5.91 Å². The van der Waals surface area contributed by atoms with Crippen molar-refractivity contribution in [1.82, 2.24) is 9.55 Å². The predicted molar refractivity (Wildman–Crippen MR) is 112 cm³/mol. The maximum absolute atomic E-state index is 13.9. The third kappa shape index (κ3) is 3.99. The van der Waals surface area contributed by atoms with E-state index in [1.54, 1.807) is 0 Å². The molecule has 0 spiro atoms. The number of aromatic nitrogens is 2. The van der Waals surface area contributed by atoms with Gasteiger partial charge in [0.15, 0.2) is 11.0 Å². The number of halogens is 3. The lowest BCUT2D eigenvalue weighted by atomic mass is 10.2. The molecule has 0 aliphatic carbocycles. The van der Waals surface area contributed by atoms with E-state index in [1.807, 2.05) is 20.8 Å². The van der Waals surface area contributed by atoms with Gasteiger partial charge in [-0.2, -0.15) is 0 Å². The normalized spacial score (nSPS) is 11.2. The summed E-state index contributed by atoms with van der Waals surface area (Å²) in [5, 5.41) is 3.45. The second kappa shape index (κ2) is 8.30. The number of thiophene rings is 1. The molecule has 28 heavy (non-hydrogen) atoms. The molecule has 1 N–H and O–H groups in total. The average molecular weight is 488 g/mol. The summed E-state index contributed by atoms with van der Waals surface area (Å²) in [5.74, 6) is -2.20. The first-order valence-corrected chi connectivity index (χ1v) is 10.9. The summed E-state index contributed by atoms with van der Waals surface area (Å²) in [6, 6.07) is 1.76. The molecule has 0 saturated carbocycles. The molecule has 10 heteroatoms. The van der Waals surface area contributed by atoms with E-state index in [0.29, 0.717) is 28.0 Å². The maximum atomic E-state index is 13.9. The van der Waals surface area contributed by atoms with Crippen molar-refractivity contribution >= 4 is 60.8 Å². The number of thioether (sulfide) groups is 1. The molecular formula is C18H16BrF2N3O2S2. The fourth-order valence-electron chi connectivity index (χ4n) is 2.66. The third-order valence-electron chi connectivity index (χ3n) is 4.17. The number of aryl methyl sites for hydroxylation is 2. The summed E-state index contributed by atoms with van der Waals surface area (Å²) in [7, 11) is 0. The topological polar surface area (TPSA) is 64.0 Å². The molecule has 0 aliphatic rings. The van der Waals surface area contributed by atoms with Crippen LogP contribution in [-0.2, 0) is 11.3 Å². The van der Waals surface area contributed by atoms with Gasteiger partial charge in [-0.25, -0.2) is 13.8 Å². The van der Waals surface area contributed by atoms with E-state index in [1.165, 1.54) is 15.9 Å². The second-order valence-corrected chi connectivity index (χ2v) is 8.99. The number of carbonyl (C=O) groups is 1. The van der Waals surface area contributed by atoms with Crippen LogP contribution < -0.4 is 10.9 Å². The zero-order valence-electron chi connectivity index (χ0n) is 15.2. The molecule has 2 aromatic heterocycles. The Labute approximate surface area is 176 Å². The number of amides is 1. The standard InChI is InChI=1S/C18H16BrF2N3O2S2/c1-4-24-17(26)14-8(2)9(3)28-16(14)23-18(24)27-7-13(25)22-15-11(19)5-10(20)6-12(15)21/h5-6H,4,7H2,1-3H3,(H,22,25). The zero-order valence-corrected chi connectivity index (χ0v) is 18.4. The monoisotopic (exact) mass is 487 g/mol. The first-order valence-electron chi connectivity index (χ1n) is 8.30. The zero-order chi connectivity index (χ0) is 20.6. The van der Waals surface area contributed by atoms with Crippen molar-refractivity contribution in [2.45, 2.75) is 32.5 Å². The van der Waals surface area contributed by atoms with Crippen LogP contribution in [0.15, 0.2) is 26.6 Å². The first kappa shape index (κ1) is 20.9. The van der Waals surface area contributed by atoms with Gasteiger partial charge in [0.25, 0.3) is 5.56 Å². The molecule has 0 saturated heterocycles. The number of nitrogens with zero attached hydrogens (tertiary/aromatic N) is 2. The molecule has 2 heterocycles. The van der Waals surface area contributed by atoms with E-state index >= 15 is 0 Å². The van der Waals surface area contributed by atoms with Gasteiger partial charge in [-0.15, -0.1) is 11.3 Å². The van der Waals surface area contributed by atoms with Crippen molar-refractivity contribution in [3.05, 3.63) is 49.0 Å². The molecule has 3 rings (SSSR count). The molecule has 0 radical (unpaired) electrons. The summed E-state index contributed by atoms with van der Waals surface area (Å²) >= 11 is 5.56. The van der Waals surface area contributed by atoms with E-state index in [4.69, 9.17) is 0 Å². The van der Waals surface area contributed by atoms with E-state index in [2.05, 4.69) is 26.2 Å².